The van der Waals surface area contributed by atoms with E-state index in [2.05, 4.69) is 9.69 Å². The number of fused-ring (bicyclic) bond motifs is 1. The van der Waals surface area contributed by atoms with Gasteiger partial charge in [-0.3, -0.25) is 14.2 Å². The van der Waals surface area contributed by atoms with Crippen molar-refractivity contribution in [3.8, 4) is 22.8 Å². The molecule has 8 nitrogen and oxygen atoms in total. The van der Waals surface area contributed by atoms with Gasteiger partial charge in [0.25, 0.3) is 5.56 Å². The van der Waals surface area contributed by atoms with E-state index >= 15 is 0 Å². The third-order valence-electron chi connectivity index (χ3n) is 5.04. The van der Waals surface area contributed by atoms with Crippen LogP contribution in [0.3, 0.4) is 0 Å². The van der Waals surface area contributed by atoms with Crippen molar-refractivity contribution in [3.63, 3.8) is 0 Å². The molecule has 0 aliphatic carbocycles. The highest BCUT2D eigenvalue weighted by Crippen LogP contribution is 2.31. The van der Waals surface area contributed by atoms with Crippen molar-refractivity contribution >= 4 is 45.1 Å². The number of amides is 1. The molecular weight excluding hydrogens is 472 g/mol. The molecule has 1 N–H and O–H groups in total. The molecule has 0 unspecified atom stereocenters. The van der Waals surface area contributed by atoms with Crippen molar-refractivity contribution in [2.45, 2.75) is 25.0 Å². The Bertz CT molecular complexity index is 1370. The van der Waals surface area contributed by atoms with Crippen LogP contribution in [-0.2, 0) is 11.3 Å². The highest BCUT2D eigenvalue weighted by atomic mass is 32.2. The number of nitrogens with zero attached hydrogens (tertiary/aromatic N) is 3. The van der Waals surface area contributed by atoms with E-state index in [9.17, 15) is 9.59 Å². The first-order chi connectivity index (χ1) is 16.5. The lowest BCUT2D eigenvalue weighted by atomic mass is 10.1. The van der Waals surface area contributed by atoms with E-state index < -0.39 is 0 Å². The smallest absolute Gasteiger partial charge is 0.273 e. The first-order valence-corrected chi connectivity index (χ1v) is 12.4. The van der Waals surface area contributed by atoms with Gasteiger partial charge in [0.15, 0.2) is 16.7 Å². The molecule has 0 atom stereocenters. The number of rotatable bonds is 9. The topological polar surface area (TPSA) is 95.3 Å². The van der Waals surface area contributed by atoms with Crippen molar-refractivity contribution in [1.29, 1.82) is 0 Å². The quantitative estimate of drug-likeness (QED) is 0.266. The maximum atomic E-state index is 13.2. The molecule has 0 saturated carbocycles. The van der Waals surface area contributed by atoms with Gasteiger partial charge in [-0.05, 0) is 30.1 Å². The minimum absolute atomic E-state index is 0.0915. The van der Waals surface area contributed by atoms with Crippen LogP contribution in [0, 0.1) is 0 Å². The normalized spacial score (nSPS) is 10.9. The second-order valence-electron chi connectivity index (χ2n) is 7.33. The van der Waals surface area contributed by atoms with Crippen LogP contribution in [0.15, 0.2) is 58.5 Å². The van der Waals surface area contributed by atoms with Gasteiger partial charge in [-0.2, -0.15) is 4.37 Å². The third kappa shape index (κ3) is 4.92. The lowest BCUT2D eigenvalue weighted by molar-refractivity contribution is -0.113. The minimum Gasteiger partial charge on any atom is -0.493 e. The fraction of sp³-hybridized carbons (Fsp3) is 0.250. The highest BCUT2D eigenvalue weighted by Gasteiger charge is 2.19. The number of hydrogen-bond donors (Lipinski definition) is 1. The van der Waals surface area contributed by atoms with E-state index in [-0.39, 0.29) is 17.2 Å². The number of ether oxygens (including phenoxy) is 2. The number of hydrogen-bond acceptors (Lipinski definition) is 8. The Morgan fingerprint density at radius 3 is 2.59 bits per heavy atom. The number of benzene rings is 2. The molecule has 2 heterocycles. The molecule has 4 rings (SSSR count). The molecule has 0 saturated heterocycles. The van der Waals surface area contributed by atoms with E-state index in [1.165, 1.54) is 18.9 Å². The molecule has 0 fully saturated rings. The molecule has 0 bridgehead atoms. The van der Waals surface area contributed by atoms with Gasteiger partial charge in [-0.1, -0.05) is 49.0 Å². The zero-order valence-electron chi connectivity index (χ0n) is 19.0. The summed E-state index contributed by atoms with van der Waals surface area (Å²) in [7, 11) is 3.09. The van der Waals surface area contributed by atoms with E-state index in [0.29, 0.717) is 44.8 Å². The summed E-state index contributed by atoms with van der Waals surface area (Å²) in [5, 5.41) is 3.35. The zero-order valence-corrected chi connectivity index (χ0v) is 20.7. The number of nitrogens with one attached hydrogen (secondary N) is 1. The van der Waals surface area contributed by atoms with Crippen LogP contribution in [0.2, 0.25) is 0 Å². The molecule has 34 heavy (non-hydrogen) atoms. The number of carbonyl (C=O) groups is 1. The first kappa shape index (κ1) is 23.8. The second kappa shape index (κ2) is 10.7. The fourth-order valence-corrected chi connectivity index (χ4v) is 5.06. The van der Waals surface area contributed by atoms with E-state index in [0.717, 1.165) is 23.5 Å². The van der Waals surface area contributed by atoms with Crippen molar-refractivity contribution in [2.24, 2.45) is 0 Å². The number of aromatic nitrogens is 3. The molecular formula is C24H24N4O4S2. The molecule has 1 amide bonds. The van der Waals surface area contributed by atoms with Crippen LogP contribution < -0.4 is 20.3 Å². The van der Waals surface area contributed by atoms with Gasteiger partial charge in [0.05, 0.1) is 20.0 Å². The Labute approximate surface area is 205 Å². The van der Waals surface area contributed by atoms with Crippen molar-refractivity contribution in [3.05, 3.63) is 58.9 Å². The van der Waals surface area contributed by atoms with Crippen LogP contribution in [-0.4, -0.2) is 39.8 Å². The molecule has 2 aromatic heterocycles. The lowest BCUT2D eigenvalue weighted by Gasteiger charge is -2.12. The molecule has 10 heteroatoms. The maximum absolute atomic E-state index is 13.2. The highest BCUT2D eigenvalue weighted by molar-refractivity contribution is 7.99. The van der Waals surface area contributed by atoms with Gasteiger partial charge in [0, 0.05) is 23.9 Å². The number of anilines is 1. The summed E-state index contributed by atoms with van der Waals surface area (Å²) in [5.41, 5.74) is 2.60. The van der Waals surface area contributed by atoms with E-state index in [4.69, 9.17) is 14.5 Å². The van der Waals surface area contributed by atoms with Crippen molar-refractivity contribution in [2.75, 3.05) is 25.3 Å². The Morgan fingerprint density at radius 1 is 1.12 bits per heavy atom. The second-order valence-corrected chi connectivity index (χ2v) is 9.05. The summed E-state index contributed by atoms with van der Waals surface area (Å²) in [5.74, 6) is 0.972. The predicted octanol–water partition coefficient (Wildman–Crippen LogP) is 4.68. The Hall–Kier alpha value is -3.37. The first-order valence-electron chi connectivity index (χ1n) is 10.7. The Morgan fingerprint density at radius 2 is 1.88 bits per heavy atom. The van der Waals surface area contributed by atoms with Crippen LogP contribution in [0.25, 0.3) is 21.5 Å². The van der Waals surface area contributed by atoms with Crippen LogP contribution in [0.5, 0.6) is 11.5 Å². The largest absolute Gasteiger partial charge is 0.493 e. The average molecular weight is 497 g/mol. The summed E-state index contributed by atoms with van der Waals surface area (Å²) < 4.78 is 17.2. The van der Waals surface area contributed by atoms with E-state index in [1.807, 2.05) is 37.3 Å². The summed E-state index contributed by atoms with van der Waals surface area (Å²) in [6, 6.07) is 14.8. The van der Waals surface area contributed by atoms with Gasteiger partial charge >= 0.3 is 0 Å². The number of methoxy groups -OCH3 is 2. The van der Waals surface area contributed by atoms with Crippen molar-refractivity contribution in [1.82, 2.24) is 13.9 Å². The summed E-state index contributed by atoms with van der Waals surface area (Å²) in [4.78, 5) is 30.6. The van der Waals surface area contributed by atoms with Crippen molar-refractivity contribution < 1.29 is 14.3 Å². The maximum Gasteiger partial charge on any atom is 0.273 e. The number of thioether (sulfide) groups is 1. The van der Waals surface area contributed by atoms with E-state index in [1.54, 1.807) is 29.9 Å². The lowest BCUT2D eigenvalue weighted by Crippen LogP contribution is -2.23. The summed E-state index contributed by atoms with van der Waals surface area (Å²) in [6.07, 6.45) is 0.767. The predicted molar refractivity (Wildman–Crippen MR) is 136 cm³/mol. The van der Waals surface area contributed by atoms with Gasteiger partial charge in [0.1, 0.15) is 15.9 Å². The molecule has 0 aliphatic heterocycles. The van der Waals surface area contributed by atoms with Gasteiger partial charge in [0.2, 0.25) is 5.91 Å². The summed E-state index contributed by atoms with van der Waals surface area (Å²) >= 11 is 2.39. The molecule has 176 valence electrons. The summed E-state index contributed by atoms with van der Waals surface area (Å²) in [6.45, 7) is 2.51. The Kier molecular flexibility index (Phi) is 7.49. The van der Waals surface area contributed by atoms with Gasteiger partial charge in [-0.15, -0.1) is 0 Å². The zero-order chi connectivity index (χ0) is 24.1. The molecule has 2 aromatic carbocycles. The van der Waals surface area contributed by atoms with Crippen LogP contribution >= 0.6 is 23.3 Å². The van der Waals surface area contributed by atoms with Crippen LogP contribution in [0.4, 0.5) is 5.69 Å². The molecule has 0 spiro atoms. The third-order valence-corrected chi connectivity index (χ3v) is 6.84. The fourth-order valence-electron chi connectivity index (χ4n) is 3.45. The molecule has 4 aromatic rings. The minimum atomic E-state index is -0.221. The van der Waals surface area contributed by atoms with Gasteiger partial charge in [-0.25, -0.2) is 4.98 Å². The average Bonchev–Trinajstić information content (AvgIpc) is 3.29. The standard InChI is InChI=1S/C24H24N4O4S2/c1-4-12-28-23(30)22-21(20(27-34-22)15-8-6-5-7-9-15)26-24(28)33-14-19(29)25-16-10-11-17(31-2)18(13-16)32-3/h5-11,13H,4,12,14H2,1-3H3,(H,25,29). The SMILES string of the molecule is CCCn1c(SCC(=O)Nc2ccc(OC)c(OC)c2)nc2c(-c3ccccc3)nsc2c1=O. The monoisotopic (exact) mass is 496 g/mol. The molecule has 0 aliphatic rings. The van der Waals surface area contributed by atoms with Gasteiger partial charge < -0.3 is 14.8 Å². The number of carbonyl (C=O) groups excluding carboxylic acids is 1. The Balaban J connectivity index is 1.60. The molecule has 0 radical (unpaired) electrons. The van der Waals surface area contributed by atoms with Crippen LogP contribution in [0.1, 0.15) is 13.3 Å².